The zero-order valence-electron chi connectivity index (χ0n) is 11.7. The Labute approximate surface area is 121 Å². The number of carbonyl (C=O) groups is 1. The van der Waals surface area contributed by atoms with Gasteiger partial charge in [-0.05, 0) is 13.8 Å². The number of aromatic nitrogens is 2. The second-order valence-electron chi connectivity index (χ2n) is 4.66. The highest BCUT2D eigenvalue weighted by Gasteiger charge is 2.10. The highest BCUT2D eigenvalue weighted by molar-refractivity contribution is 7.99. The molecular weight excluding hydrogens is 272 g/mol. The summed E-state index contributed by atoms with van der Waals surface area (Å²) in [6.45, 7) is 3.75. The number of hydrogen-bond acceptors (Lipinski definition) is 4. The number of nitrogens with zero attached hydrogens (tertiary/aromatic N) is 2. The molecule has 20 heavy (non-hydrogen) atoms. The molecule has 0 fully saturated rings. The maximum absolute atomic E-state index is 12.1. The van der Waals surface area contributed by atoms with E-state index in [-0.39, 0.29) is 17.1 Å². The molecule has 2 rings (SSSR count). The predicted octanol–water partition coefficient (Wildman–Crippen LogP) is 2.37. The van der Waals surface area contributed by atoms with E-state index in [1.807, 2.05) is 31.2 Å². The molecule has 104 valence electrons. The first-order valence-corrected chi connectivity index (χ1v) is 7.23. The van der Waals surface area contributed by atoms with Gasteiger partial charge >= 0.3 is 0 Å². The number of aryl methyl sites for hydroxylation is 2. The average Bonchev–Trinajstić information content (AvgIpc) is 2.41. The second-order valence-corrected chi connectivity index (χ2v) is 5.60. The highest BCUT2D eigenvalue weighted by Crippen LogP contribution is 2.16. The maximum atomic E-state index is 12.1. The Morgan fingerprint density at radius 2 is 1.90 bits per heavy atom. The minimum Gasteiger partial charge on any atom is -0.293 e. The van der Waals surface area contributed by atoms with Crippen LogP contribution in [0.15, 0.2) is 40.3 Å². The molecule has 0 amide bonds. The summed E-state index contributed by atoms with van der Waals surface area (Å²) in [6.07, 6.45) is 0. The van der Waals surface area contributed by atoms with Crippen molar-refractivity contribution in [2.45, 2.75) is 19.0 Å². The normalized spacial score (nSPS) is 10.6. The topological polar surface area (TPSA) is 52.0 Å². The van der Waals surface area contributed by atoms with Crippen LogP contribution in [0.2, 0.25) is 0 Å². The number of Topliss-reactive ketones (excluding diaryl/α,β-unsaturated/α-hetero) is 1. The Hall–Kier alpha value is -1.88. The molecule has 1 aromatic heterocycles. The number of hydrogen-bond donors (Lipinski definition) is 0. The smallest absolute Gasteiger partial charge is 0.254 e. The van der Waals surface area contributed by atoms with E-state index in [0.29, 0.717) is 16.4 Å². The summed E-state index contributed by atoms with van der Waals surface area (Å²) >= 11 is 1.28. The number of benzene rings is 1. The van der Waals surface area contributed by atoms with Crippen LogP contribution in [0, 0.1) is 13.8 Å². The SMILES string of the molecule is Cc1ccc(C(=O)CSc2nc(C)cc(=O)n2C)cc1. The minimum atomic E-state index is -0.109. The van der Waals surface area contributed by atoms with E-state index in [0.717, 1.165) is 5.56 Å². The monoisotopic (exact) mass is 288 g/mol. The lowest BCUT2D eigenvalue weighted by Gasteiger charge is -2.07. The molecule has 0 aliphatic rings. The average molecular weight is 288 g/mol. The first-order valence-electron chi connectivity index (χ1n) is 6.24. The van der Waals surface area contributed by atoms with Crippen molar-refractivity contribution in [2.24, 2.45) is 7.05 Å². The first kappa shape index (κ1) is 14.5. The number of ketones is 1. The lowest BCUT2D eigenvalue weighted by molar-refractivity contribution is 0.102. The molecule has 5 heteroatoms. The van der Waals surface area contributed by atoms with Crippen LogP contribution < -0.4 is 5.56 Å². The molecule has 2 aromatic rings. The van der Waals surface area contributed by atoms with E-state index < -0.39 is 0 Å². The third-order valence-corrected chi connectivity index (χ3v) is 3.96. The van der Waals surface area contributed by atoms with Crippen molar-refractivity contribution in [3.05, 3.63) is 57.5 Å². The zero-order valence-corrected chi connectivity index (χ0v) is 12.5. The van der Waals surface area contributed by atoms with Gasteiger partial charge in [0.1, 0.15) is 0 Å². The highest BCUT2D eigenvalue weighted by atomic mass is 32.2. The lowest BCUT2D eigenvalue weighted by Crippen LogP contribution is -2.20. The Morgan fingerprint density at radius 1 is 1.25 bits per heavy atom. The van der Waals surface area contributed by atoms with Crippen molar-refractivity contribution in [1.29, 1.82) is 0 Å². The van der Waals surface area contributed by atoms with Gasteiger partial charge in [-0.25, -0.2) is 4.98 Å². The van der Waals surface area contributed by atoms with Gasteiger partial charge in [0, 0.05) is 24.4 Å². The Kier molecular flexibility index (Phi) is 4.39. The third-order valence-electron chi connectivity index (χ3n) is 2.93. The van der Waals surface area contributed by atoms with Crippen molar-refractivity contribution in [1.82, 2.24) is 9.55 Å². The molecule has 0 saturated heterocycles. The molecule has 0 spiro atoms. The summed E-state index contributed by atoms with van der Waals surface area (Å²) < 4.78 is 1.46. The summed E-state index contributed by atoms with van der Waals surface area (Å²) in [5.74, 6) is 0.304. The Morgan fingerprint density at radius 3 is 2.55 bits per heavy atom. The third kappa shape index (κ3) is 3.36. The number of rotatable bonds is 4. The van der Waals surface area contributed by atoms with Crippen molar-refractivity contribution in [3.63, 3.8) is 0 Å². The standard InChI is InChI=1S/C15H16N2O2S/c1-10-4-6-12(7-5-10)13(18)9-20-15-16-11(2)8-14(19)17(15)3/h4-8H,9H2,1-3H3. The summed E-state index contributed by atoms with van der Waals surface area (Å²) in [7, 11) is 1.66. The van der Waals surface area contributed by atoms with Crippen LogP contribution >= 0.6 is 11.8 Å². The molecular formula is C15H16N2O2S. The van der Waals surface area contributed by atoms with Crippen LogP contribution in [0.3, 0.4) is 0 Å². The molecule has 0 unspecified atom stereocenters. The van der Waals surface area contributed by atoms with Gasteiger partial charge in [-0.15, -0.1) is 0 Å². The molecule has 0 bridgehead atoms. The summed E-state index contributed by atoms with van der Waals surface area (Å²) in [5, 5.41) is 0.565. The van der Waals surface area contributed by atoms with E-state index in [4.69, 9.17) is 0 Å². The fourth-order valence-electron chi connectivity index (χ4n) is 1.71. The van der Waals surface area contributed by atoms with Crippen LogP contribution in [-0.4, -0.2) is 21.1 Å². The van der Waals surface area contributed by atoms with Crippen LogP contribution in [0.1, 0.15) is 21.6 Å². The molecule has 1 aromatic carbocycles. The van der Waals surface area contributed by atoms with E-state index in [9.17, 15) is 9.59 Å². The van der Waals surface area contributed by atoms with Crippen LogP contribution in [0.4, 0.5) is 0 Å². The summed E-state index contributed by atoms with van der Waals surface area (Å²) in [6, 6.07) is 8.95. The molecule has 0 aliphatic carbocycles. The second kappa shape index (κ2) is 6.05. The van der Waals surface area contributed by atoms with Crippen molar-refractivity contribution >= 4 is 17.5 Å². The fraction of sp³-hybridized carbons (Fsp3) is 0.267. The van der Waals surface area contributed by atoms with Crippen molar-refractivity contribution < 1.29 is 4.79 Å². The summed E-state index contributed by atoms with van der Waals surface area (Å²) in [5.41, 5.74) is 2.36. The lowest BCUT2D eigenvalue weighted by atomic mass is 10.1. The molecule has 0 saturated carbocycles. The maximum Gasteiger partial charge on any atom is 0.254 e. The van der Waals surface area contributed by atoms with Crippen molar-refractivity contribution in [2.75, 3.05) is 5.75 Å². The molecule has 0 radical (unpaired) electrons. The fourth-order valence-corrected chi connectivity index (χ4v) is 2.63. The van der Waals surface area contributed by atoms with Gasteiger partial charge in [-0.2, -0.15) is 0 Å². The molecule has 0 N–H and O–H groups in total. The van der Waals surface area contributed by atoms with E-state index in [1.165, 1.54) is 22.4 Å². The van der Waals surface area contributed by atoms with Crippen LogP contribution in [0.5, 0.6) is 0 Å². The van der Waals surface area contributed by atoms with Gasteiger partial charge in [0.05, 0.1) is 5.75 Å². The van der Waals surface area contributed by atoms with Gasteiger partial charge < -0.3 is 0 Å². The Balaban J connectivity index is 2.11. The summed E-state index contributed by atoms with van der Waals surface area (Å²) in [4.78, 5) is 28.0. The van der Waals surface area contributed by atoms with E-state index in [2.05, 4.69) is 4.98 Å². The minimum absolute atomic E-state index is 0.0331. The Bertz CT molecular complexity index is 690. The molecule has 0 aliphatic heterocycles. The predicted molar refractivity (Wildman–Crippen MR) is 80.4 cm³/mol. The molecule has 4 nitrogen and oxygen atoms in total. The van der Waals surface area contributed by atoms with Gasteiger partial charge in [0.15, 0.2) is 10.9 Å². The molecule has 0 atom stereocenters. The van der Waals surface area contributed by atoms with Crippen LogP contribution in [-0.2, 0) is 7.05 Å². The quantitative estimate of drug-likeness (QED) is 0.492. The van der Waals surface area contributed by atoms with E-state index >= 15 is 0 Å². The zero-order chi connectivity index (χ0) is 14.7. The van der Waals surface area contributed by atoms with Crippen molar-refractivity contribution in [3.8, 4) is 0 Å². The van der Waals surface area contributed by atoms with Gasteiger partial charge in [-0.3, -0.25) is 14.2 Å². The largest absolute Gasteiger partial charge is 0.293 e. The van der Waals surface area contributed by atoms with Gasteiger partial charge in [-0.1, -0.05) is 41.6 Å². The first-order chi connectivity index (χ1) is 9.47. The van der Waals surface area contributed by atoms with E-state index in [1.54, 1.807) is 14.0 Å². The molecule has 1 heterocycles. The number of carbonyl (C=O) groups excluding carboxylic acids is 1. The number of thioether (sulfide) groups is 1. The van der Waals surface area contributed by atoms with Crippen LogP contribution in [0.25, 0.3) is 0 Å². The van der Waals surface area contributed by atoms with Gasteiger partial charge in [0.25, 0.3) is 5.56 Å². The van der Waals surface area contributed by atoms with Gasteiger partial charge in [0.2, 0.25) is 0 Å².